The molecule has 0 spiro atoms. The molecule has 0 amide bonds. The molecule has 2 aliphatic rings. The first kappa shape index (κ1) is 10.9. The highest BCUT2D eigenvalue weighted by atomic mass is 16.7. The van der Waals surface area contributed by atoms with Crippen molar-refractivity contribution in [1.82, 2.24) is 5.32 Å². The summed E-state index contributed by atoms with van der Waals surface area (Å²) in [5.74, 6) is 2.61. The van der Waals surface area contributed by atoms with Gasteiger partial charge in [0.1, 0.15) is 0 Å². The van der Waals surface area contributed by atoms with Crippen LogP contribution in [0, 0.1) is 12.8 Å². The van der Waals surface area contributed by atoms with E-state index in [4.69, 9.17) is 9.47 Å². The number of hydrogen-bond acceptors (Lipinski definition) is 3. The topological polar surface area (TPSA) is 30.5 Å². The number of fused-ring (bicyclic) bond motifs is 1. The second-order valence-corrected chi connectivity index (χ2v) is 5.06. The van der Waals surface area contributed by atoms with Crippen LogP contribution in [0.1, 0.15) is 24.0 Å². The molecule has 1 atom stereocenters. The monoisotopic (exact) mass is 233 g/mol. The van der Waals surface area contributed by atoms with Gasteiger partial charge in [0.15, 0.2) is 11.5 Å². The Kier molecular flexibility index (Phi) is 2.93. The fourth-order valence-electron chi connectivity index (χ4n) is 2.81. The molecule has 0 bridgehead atoms. The van der Waals surface area contributed by atoms with E-state index in [1.807, 2.05) is 0 Å². The van der Waals surface area contributed by atoms with Gasteiger partial charge >= 0.3 is 0 Å². The van der Waals surface area contributed by atoms with Crippen LogP contribution in [0.15, 0.2) is 12.1 Å². The Morgan fingerprint density at radius 1 is 1.35 bits per heavy atom. The van der Waals surface area contributed by atoms with Crippen LogP contribution < -0.4 is 14.8 Å². The zero-order valence-corrected chi connectivity index (χ0v) is 10.3. The number of ether oxygens (including phenoxy) is 2. The van der Waals surface area contributed by atoms with Crippen LogP contribution in [0.2, 0.25) is 0 Å². The number of benzene rings is 1. The number of rotatable bonds is 2. The average Bonchev–Trinajstić information content (AvgIpc) is 2.79. The van der Waals surface area contributed by atoms with Gasteiger partial charge in [-0.3, -0.25) is 0 Å². The number of piperidine rings is 1. The Morgan fingerprint density at radius 3 is 3.12 bits per heavy atom. The minimum atomic E-state index is 0.366. The maximum absolute atomic E-state index is 5.47. The van der Waals surface area contributed by atoms with Gasteiger partial charge in [-0.15, -0.1) is 0 Å². The maximum atomic E-state index is 5.47. The third-order valence-corrected chi connectivity index (χ3v) is 3.64. The summed E-state index contributed by atoms with van der Waals surface area (Å²) in [6.07, 6.45) is 3.78. The van der Waals surface area contributed by atoms with Gasteiger partial charge in [0, 0.05) is 0 Å². The summed E-state index contributed by atoms with van der Waals surface area (Å²) < 4.78 is 10.9. The Labute approximate surface area is 102 Å². The van der Waals surface area contributed by atoms with E-state index in [0.29, 0.717) is 6.79 Å². The Balaban J connectivity index is 1.76. The molecule has 0 radical (unpaired) electrons. The zero-order chi connectivity index (χ0) is 11.7. The quantitative estimate of drug-likeness (QED) is 0.850. The van der Waals surface area contributed by atoms with Crippen LogP contribution in [0.25, 0.3) is 0 Å². The van der Waals surface area contributed by atoms with E-state index < -0.39 is 0 Å². The molecule has 92 valence electrons. The lowest BCUT2D eigenvalue weighted by Gasteiger charge is -2.22. The molecule has 3 nitrogen and oxygen atoms in total. The van der Waals surface area contributed by atoms with E-state index in [0.717, 1.165) is 30.4 Å². The Hall–Kier alpha value is -1.22. The SMILES string of the molecule is Cc1cc(CC2CCCNC2)cc2c1OCO2. The molecule has 0 aliphatic carbocycles. The smallest absolute Gasteiger partial charge is 0.231 e. The maximum Gasteiger partial charge on any atom is 0.231 e. The molecule has 1 unspecified atom stereocenters. The molecule has 0 aromatic heterocycles. The van der Waals surface area contributed by atoms with Crippen molar-refractivity contribution in [2.24, 2.45) is 5.92 Å². The molecule has 1 fully saturated rings. The molecule has 1 aromatic rings. The summed E-state index contributed by atoms with van der Waals surface area (Å²) in [5.41, 5.74) is 2.57. The molecular weight excluding hydrogens is 214 g/mol. The van der Waals surface area contributed by atoms with E-state index in [-0.39, 0.29) is 0 Å². The summed E-state index contributed by atoms with van der Waals surface area (Å²) in [6.45, 7) is 4.78. The largest absolute Gasteiger partial charge is 0.454 e. The minimum Gasteiger partial charge on any atom is -0.454 e. The fraction of sp³-hybridized carbons (Fsp3) is 0.571. The second-order valence-electron chi connectivity index (χ2n) is 5.06. The van der Waals surface area contributed by atoms with Gasteiger partial charge in [-0.25, -0.2) is 0 Å². The molecule has 3 rings (SSSR count). The van der Waals surface area contributed by atoms with Crippen molar-refractivity contribution >= 4 is 0 Å². The van der Waals surface area contributed by atoms with Crippen LogP contribution in [-0.2, 0) is 6.42 Å². The Morgan fingerprint density at radius 2 is 2.29 bits per heavy atom. The standard InChI is InChI=1S/C14H19NO2/c1-10-5-12(6-11-3-2-4-15-8-11)7-13-14(10)17-9-16-13/h5,7,11,15H,2-4,6,8-9H2,1H3. The predicted molar refractivity (Wildman–Crippen MR) is 66.6 cm³/mol. The van der Waals surface area contributed by atoms with Gasteiger partial charge in [0.25, 0.3) is 0 Å². The summed E-state index contributed by atoms with van der Waals surface area (Å²) in [6, 6.07) is 4.38. The molecular formula is C14H19NO2. The Bertz CT molecular complexity index is 411. The molecule has 17 heavy (non-hydrogen) atoms. The first-order valence-corrected chi connectivity index (χ1v) is 6.43. The number of aryl methyl sites for hydroxylation is 1. The van der Waals surface area contributed by atoms with Crippen molar-refractivity contribution in [3.05, 3.63) is 23.3 Å². The molecule has 2 aliphatic heterocycles. The molecule has 1 N–H and O–H groups in total. The van der Waals surface area contributed by atoms with E-state index in [1.54, 1.807) is 0 Å². The van der Waals surface area contributed by atoms with Gasteiger partial charge in [-0.05, 0) is 62.4 Å². The van der Waals surface area contributed by atoms with E-state index in [2.05, 4.69) is 24.4 Å². The lowest BCUT2D eigenvalue weighted by atomic mass is 9.91. The predicted octanol–water partition coefficient (Wildman–Crippen LogP) is 2.27. The number of nitrogens with one attached hydrogen (secondary N) is 1. The van der Waals surface area contributed by atoms with Gasteiger partial charge in [-0.1, -0.05) is 6.07 Å². The van der Waals surface area contributed by atoms with Crippen molar-refractivity contribution in [3.63, 3.8) is 0 Å². The van der Waals surface area contributed by atoms with Crippen LogP contribution >= 0.6 is 0 Å². The van der Waals surface area contributed by atoms with Crippen molar-refractivity contribution in [3.8, 4) is 11.5 Å². The molecule has 2 heterocycles. The lowest BCUT2D eigenvalue weighted by Crippen LogP contribution is -2.30. The summed E-state index contributed by atoms with van der Waals surface area (Å²) in [7, 11) is 0. The number of hydrogen-bond donors (Lipinski definition) is 1. The third-order valence-electron chi connectivity index (χ3n) is 3.64. The van der Waals surface area contributed by atoms with E-state index >= 15 is 0 Å². The van der Waals surface area contributed by atoms with E-state index in [9.17, 15) is 0 Å². The van der Waals surface area contributed by atoms with Crippen molar-refractivity contribution in [2.45, 2.75) is 26.2 Å². The van der Waals surface area contributed by atoms with Gasteiger partial charge in [0.05, 0.1) is 0 Å². The highest BCUT2D eigenvalue weighted by molar-refractivity contribution is 5.50. The first-order chi connectivity index (χ1) is 8.33. The van der Waals surface area contributed by atoms with Crippen LogP contribution in [0.5, 0.6) is 11.5 Å². The fourth-order valence-corrected chi connectivity index (χ4v) is 2.81. The summed E-state index contributed by atoms with van der Waals surface area (Å²) in [4.78, 5) is 0. The van der Waals surface area contributed by atoms with Crippen molar-refractivity contribution in [2.75, 3.05) is 19.9 Å². The van der Waals surface area contributed by atoms with Gasteiger partial charge < -0.3 is 14.8 Å². The van der Waals surface area contributed by atoms with Gasteiger partial charge in [0.2, 0.25) is 6.79 Å². The van der Waals surface area contributed by atoms with Crippen molar-refractivity contribution in [1.29, 1.82) is 0 Å². The highest BCUT2D eigenvalue weighted by Crippen LogP contribution is 2.37. The molecule has 0 saturated carbocycles. The normalized spacial score (nSPS) is 22.8. The minimum absolute atomic E-state index is 0.366. The first-order valence-electron chi connectivity index (χ1n) is 6.43. The lowest BCUT2D eigenvalue weighted by molar-refractivity contribution is 0.173. The molecule has 3 heteroatoms. The molecule has 1 aromatic carbocycles. The zero-order valence-electron chi connectivity index (χ0n) is 10.3. The molecule has 1 saturated heterocycles. The van der Waals surface area contributed by atoms with Crippen LogP contribution in [0.3, 0.4) is 0 Å². The second kappa shape index (κ2) is 4.57. The summed E-state index contributed by atoms with van der Waals surface area (Å²) >= 11 is 0. The van der Waals surface area contributed by atoms with Crippen LogP contribution in [0.4, 0.5) is 0 Å². The third kappa shape index (κ3) is 2.25. The summed E-state index contributed by atoms with van der Waals surface area (Å²) in [5, 5.41) is 3.47. The van der Waals surface area contributed by atoms with E-state index in [1.165, 1.54) is 30.5 Å². The average molecular weight is 233 g/mol. The van der Waals surface area contributed by atoms with Crippen LogP contribution in [-0.4, -0.2) is 19.9 Å². The van der Waals surface area contributed by atoms with Gasteiger partial charge in [-0.2, -0.15) is 0 Å². The van der Waals surface area contributed by atoms with Crippen molar-refractivity contribution < 1.29 is 9.47 Å². The highest BCUT2D eigenvalue weighted by Gasteiger charge is 2.19.